The molecular weight excluding hydrogens is 695 g/mol. The van der Waals surface area contributed by atoms with Gasteiger partial charge in [-0.25, -0.2) is 4.79 Å². The van der Waals surface area contributed by atoms with Crippen molar-refractivity contribution in [3.63, 3.8) is 0 Å². The first-order chi connectivity index (χ1) is 25.3. The number of benzene rings is 2. The van der Waals surface area contributed by atoms with Gasteiger partial charge in [-0.1, -0.05) is 40.5 Å². The lowest BCUT2D eigenvalue weighted by Crippen LogP contribution is -2.67. The number of ether oxygens (including phenoxy) is 5. The van der Waals surface area contributed by atoms with Crippen LogP contribution in [0.15, 0.2) is 40.1 Å². The highest BCUT2D eigenvalue weighted by atomic mass is 19.1. The van der Waals surface area contributed by atoms with Crippen LogP contribution in [0.5, 0.6) is 28.7 Å². The summed E-state index contributed by atoms with van der Waals surface area (Å²) in [6.07, 6.45) is 1.57. The predicted octanol–water partition coefficient (Wildman–Crippen LogP) is 2.87. The maximum Gasteiger partial charge on any atom is 0.328 e. The molecule has 2 aliphatic heterocycles. The van der Waals surface area contributed by atoms with Crippen LogP contribution in [-0.2, 0) is 25.7 Å². The van der Waals surface area contributed by atoms with E-state index in [-0.39, 0.29) is 30.6 Å². The number of nitrogens with zero attached hydrogens (tertiary/aromatic N) is 1. The van der Waals surface area contributed by atoms with Gasteiger partial charge in [-0.2, -0.15) is 4.39 Å². The van der Waals surface area contributed by atoms with Gasteiger partial charge in [0.2, 0.25) is 30.2 Å². The smallest absolute Gasteiger partial charge is 0.328 e. The van der Waals surface area contributed by atoms with E-state index in [9.17, 15) is 28.7 Å². The molecule has 284 valence electrons. The zero-order chi connectivity index (χ0) is 38.4. The summed E-state index contributed by atoms with van der Waals surface area (Å²) < 4.78 is 42.9. The fraction of sp³-hybridized carbons (Fsp3) is 0.486. The van der Waals surface area contributed by atoms with Gasteiger partial charge in [0.05, 0.1) is 39.0 Å². The topological polar surface area (TPSA) is 197 Å². The van der Waals surface area contributed by atoms with Gasteiger partial charge >= 0.3 is 11.7 Å². The van der Waals surface area contributed by atoms with Crippen molar-refractivity contribution in [2.45, 2.75) is 64.6 Å². The normalized spacial score (nSPS) is 22.1. The number of phenolic OH excluding ortho intramolecular Hbond substituents is 1. The summed E-state index contributed by atoms with van der Waals surface area (Å²) in [5.41, 5.74) is -1.90. The first-order valence-corrected chi connectivity index (χ1v) is 17.5. The molecule has 1 aromatic heterocycles. The number of methoxy groups -OCH3 is 2. The molecule has 15 nitrogen and oxygen atoms in total. The van der Waals surface area contributed by atoms with Gasteiger partial charge in [0.25, 0.3) is 5.56 Å². The lowest BCUT2D eigenvalue weighted by Gasteiger charge is -2.45. The number of fused-ring (bicyclic) bond motifs is 3. The third-order valence-electron chi connectivity index (χ3n) is 11.1. The lowest BCUT2D eigenvalue weighted by atomic mass is 9.64. The van der Waals surface area contributed by atoms with Crippen LogP contribution >= 0.6 is 0 Å². The number of rotatable bonds is 12. The molecule has 2 aromatic carbocycles. The number of hydrogen-bond donors (Lipinski definition) is 4. The molecule has 2 amide bonds. The van der Waals surface area contributed by atoms with Crippen molar-refractivity contribution in [1.82, 2.24) is 20.2 Å². The van der Waals surface area contributed by atoms with Crippen LogP contribution < -0.4 is 40.8 Å². The minimum Gasteiger partial charge on any atom is -0.502 e. The Balaban J connectivity index is 1.45. The van der Waals surface area contributed by atoms with Crippen LogP contribution in [0.1, 0.15) is 69.2 Å². The number of aromatic nitrogens is 2. The summed E-state index contributed by atoms with van der Waals surface area (Å²) in [5.74, 6) is -5.05. The fourth-order valence-corrected chi connectivity index (χ4v) is 8.01. The summed E-state index contributed by atoms with van der Waals surface area (Å²) >= 11 is 0. The van der Waals surface area contributed by atoms with Crippen LogP contribution in [0, 0.1) is 29.5 Å². The Kier molecular flexibility index (Phi) is 10.2. The van der Waals surface area contributed by atoms with Gasteiger partial charge in [-0.15, -0.1) is 0 Å². The Morgan fingerprint density at radius 1 is 1.00 bits per heavy atom. The van der Waals surface area contributed by atoms with Gasteiger partial charge in [-0.3, -0.25) is 28.7 Å². The lowest BCUT2D eigenvalue weighted by molar-refractivity contribution is -0.142. The molecule has 16 heteroatoms. The summed E-state index contributed by atoms with van der Waals surface area (Å²) in [5, 5.41) is 16.8. The van der Waals surface area contributed by atoms with Gasteiger partial charge in [0.15, 0.2) is 23.0 Å². The van der Waals surface area contributed by atoms with Crippen LogP contribution in [-0.4, -0.2) is 65.6 Å². The number of H-pyrrole nitrogens is 1. The highest BCUT2D eigenvalue weighted by Gasteiger charge is 2.55. The number of esters is 1. The second-order valence-electron chi connectivity index (χ2n) is 13.8. The molecule has 3 heterocycles. The van der Waals surface area contributed by atoms with Gasteiger partial charge in [0, 0.05) is 11.8 Å². The van der Waals surface area contributed by atoms with Crippen molar-refractivity contribution < 1.29 is 47.6 Å². The molecule has 0 radical (unpaired) electrons. The Bertz CT molecular complexity index is 2030. The number of hydrogen-bond acceptors (Lipinski definition) is 11. The van der Waals surface area contributed by atoms with E-state index < -0.39 is 82.6 Å². The molecule has 6 atom stereocenters. The van der Waals surface area contributed by atoms with Crippen LogP contribution in [0.3, 0.4) is 0 Å². The summed E-state index contributed by atoms with van der Waals surface area (Å²) in [6.45, 7) is 6.69. The molecule has 4 N–H and O–H groups in total. The molecule has 2 unspecified atom stereocenters. The van der Waals surface area contributed by atoms with E-state index in [1.165, 1.54) is 14.2 Å². The molecular formula is C37H43FN4O11. The third-order valence-corrected chi connectivity index (χ3v) is 11.1. The first-order valence-electron chi connectivity index (χ1n) is 17.5. The molecule has 0 bridgehead atoms. The SMILES string of the molecule is CCC(C)C(NC(=O)Cn1cc(F)c(=O)[nH]c1=O)(C(=O)N[C@@H]1c2cc3c(cc2[C@@H](c2cc(OC)c(O)c(OC)c2)[C@H]2C(=O)OC[C@@H]21)OCO3)C(C)CC. The molecule has 3 aromatic rings. The van der Waals surface area contributed by atoms with Gasteiger partial charge < -0.3 is 39.4 Å². The number of phenols is 1. The van der Waals surface area contributed by atoms with E-state index in [1.807, 2.05) is 32.7 Å². The Labute approximate surface area is 303 Å². The van der Waals surface area contributed by atoms with Crippen LogP contribution in [0.25, 0.3) is 0 Å². The van der Waals surface area contributed by atoms with Gasteiger partial charge in [-0.05, 0) is 52.8 Å². The van der Waals surface area contributed by atoms with E-state index in [2.05, 4.69) is 10.6 Å². The molecule has 6 rings (SSSR count). The Hall–Kier alpha value is -5.54. The predicted molar refractivity (Wildman–Crippen MR) is 186 cm³/mol. The average Bonchev–Trinajstić information content (AvgIpc) is 3.77. The van der Waals surface area contributed by atoms with Crippen LogP contribution in [0.2, 0.25) is 0 Å². The largest absolute Gasteiger partial charge is 0.502 e. The van der Waals surface area contributed by atoms with E-state index in [0.29, 0.717) is 47.2 Å². The number of carbonyl (C=O) groups excluding carboxylic acids is 3. The Morgan fingerprint density at radius 3 is 2.19 bits per heavy atom. The van der Waals surface area contributed by atoms with E-state index >= 15 is 4.79 Å². The average molecular weight is 739 g/mol. The summed E-state index contributed by atoms with van der Waals surface area (Å²) in [6, 6.07) is 5.98. The maximum atomic E-state index is 15.0. The van der Waals surface area contributed by atoms with Crippen LogP contribution in [0.4, 0.5) is 4.39 Å². The minimum atomic E-state index is -1.55. The Morgan fingerprint density at radius 2 is 1.60 bits per heavy atom. The zero-order valence-corrected chi connectivity index (χ0v) is 30.2. The quantitative estimate of drug-likeness (QED) is 0.200. The number of halogens is 1. The van der Waals surface area contributed by atoms with Crippen molar-refractivity contribution in [1.29, 1.82) is 0 Å². The number of aromatic amines is 1. The third kappa shape index (κ3) is 6.33. The summed E-state index contributed by atoms with van der Waals surface area (Å²) in [7, 11) is 2.81. The van der Waals surface area contributed by atoms with E-state index in [1.54, 1.807) is 24.3 Å². The van der Waals surface area contributed by atoms with Crippen molar-refractivity contribution in [3.8, 4) is 28.7 Å². The number of carbonyl (C=O) groups is 3. The summed E-state index contributed by atoms with van der Waals surface area (Å²) in [4.78, 5) is 68.3. The van der Waals surface area contributed by atoms with Crippen molar-refractivity contribution in [3.05, 3.63) is 73.8 Å². The molecule has 53 heavy (non-hydrogen) atoms. The highest BCUT2D eigenvalue weighted by Crippen LogP contribution is 2.55. The standard InChI is InChI=1S/C37H43FN4O11/c1-7-17(3)37(18(4)8-2,41-28(43)14-42-13-23(38)33(45)40-36(42)48)35(47)39-31-21-12-25-24(52-16-53-25)11-20(21)29(30-22(31)15-51-34(30)46)19-9-26(49-5)32(44)27(10-19)50-6/h9-13,17-18,22,29-31,44H,7-8,14-16H2,1-6H3,(H,39,47)(H,41,43)(H,40,45,48)/t17?,18?,22-,29+,30-,31+,37?/m0/s1. The van der Waals surface area contributed by atoms with Crippen molar-refractivity contribution in [2.75, 3.05) is 27.6 Å². The molecule has 3 aliphatic rings. The molecule has 0 spiro atoms. The second-order valence-corrected chi connectivity index (χ2v) is 13.8. The number of cyclic esters (lactones) is 1. The molecule has 1 aliphatic carbocycles. The van der Waals surface area contributed by atoms with E-state index in [0.717, 1.165) is 4.57 Å². The second kappa shape index (κ2) is 14.5. The fourth-order valence-electron chi connectivity index (χ4n) is 8.01. The first kappa shape index (κ1) is 37.2. The monoisotopic (exact) mass is 738 g/mol. The zero-order valence-electron chi connectivity index (χ0n) is 30.2. The van der Waals surface area contributed by atoms with Crippen molar-refractivity contribution in [2.24, 2.45) is 23.7 Å². The number of nitrogens with one attached hydrogen (secondary N) is 3. The van der Waals surface area contributed by atoms with E-state index in [4.69, 9.17) is 23.7 Å². The molecule has 1 fully saturated rings. The minimum absolute atomic E-state index is 0.0299. The number of aromatic hydroxyl groups is 1. The van der Waals surface area contributed by atoms with Crippen molar-refractivity contribution >= 4 is 17.8 Å². The number of amides is 2. The maximum absolute atomic E-state index is 15.0. The molecule has 1 saturated heterocycles. The highest BCUT2D eigenvalue weighted by molar-refractivity contribution is 5.93. The molecule has 0 saturated carbocycles. The van der Waals surface area contributed by atoms with Gasteiger partial charge in [0.1, 0.15) is 12.1 Å².